The lowest BCUT2D eigenvalue weighted by atomic mass is 10.1. The highest BCUT2D eigenvalue weighted by Crippen LogP contribution is 2.33. The average molecular weight is 282 g/mol. The minimum Gasteiger partial charge on any atom is -0.493 e. The first kappa shape index (κ1) is 13.2. The molecule has 2 aliphatic heterocycles. The van der Waals surface area contributed by atoms with Crippen molar-refractivity contribution in [2.24, 2.45) is 5.92 Å². The lowest BCUT2D eigenvalue weighted by Crippen LogP contribution is -2.10. The maximum Gasteiger partial charge on any atom is 0.128 e. The van der Waals surface area contributed by atoms with Crippen molar-refractivity contribution in [1.82, 2.24) is 5.32 Å². The molecule has 1 fully saturated rings. The smallest absolute Gasteiger partial charge is 0.128 e. The van der Waals surface area contributed by atoms with Crippen LogP contribution in [0.5, 0.6) is 5.75 Å². The van der Waals surface area contributed by atoms with E-state index in [1.807, 2.05) is 12.1 Å². The number of ether oxygens (including phenoxy) is 2. The fourth-order valence-corrected chi connectivity index (χ4v) is 3.11. The van der Waals surface area contributed by atoms with Crippen molar-refractivity contribution in [3.8, 4) is 5.75 Å². The fraction of sp³-hybridized carbons (Fsp3) is 0.600. The van der Waals surface area contributed by atoms with Gasteiger partial charge < -0.3 is 14.8 Å². The molecule has 3 rings (SSSR count). The molecule has 4 heteroatoms. The van der Waals surface area contributed by atoms with Gasteiger partial charge in [-0.05, 0) is 49.5 Å². The zero-order chi connectivity index (χ0) is 13.1. The first-order chi connectivity index (χ1) is 9.33. The first-order valence-electron chi connectivity index (χ1n) is 7.05. The summed E-state index contributed by atoms with van der Waals surface area (Å²) in [5, 5.41) is 4.16. The molecule has 0 radical (unpaired) electrons. The van der Waals surface area contributed by atoms with E-state index in [1.165, 1.54) is 12.0 Å². The van der Waals surface area contributed by atoms with Gasteiger partial charge in [-0.25, -0.2) is 0 Å². The van der Waals surface area contributed by atoms with E-state index in [-0.39, 0.29) is 0 Å². The molecule has 3 nitrogen and oxygen atoms in total. The van der Waals surface area contributed by atoms with Crippen LogP contribution in [0.3, 0.4) is 0 Å². The van der Waals surface area contributed by atoms with Gasteiger partial charge in [0.2, 0.25) is 0 Å². The quantitative estimate of drug-likeness (QED) is 0.842. The third-order valence-corrected chi connectivity index (χ3v) is 4.13. The van der Waals surface area contributed by atoms with Gasteiger partial charge in [0.25, 0.3) is 0 Å². The lowest BCUT2D eigenvalue weighted by molar-refractivity contribution is 0.107. The van der Waals surface area contributed by atoms with E-state index >= 15 is 0 Å². The highest BCUT2D eigenvalue weighted by molar-refractivity contribution is 6.30. The topological polar surface area (TPSA) is 30.5 Å². The number of hydrogen-bond donors (Lipinski definition) is 1. The van der Waals surface area contributed by atoms with Crippen molar-refractivity contribution in [2.45, 2.75) is 25.9 Å². The van der Waals surface area contributed by atoms with E-state index in [0.29, 0.717) is 6.61 Å². The predicted octanol–water partition coefficient (Wildman–Crippen LogP) is 2.79. The van der Waals surface area contributed by atoms with Crippen molar-refractivity contribution in [2.75, 3.05) is 26.3 Å². The Kier molecular flexibility index (Phi) is 4.26. The predicted molar refractivity (Wildman–Crippen MR) is 75.9 cm³/mol. The van der Waals surface area contributed by atoms with E-state index in [9.17, 15) is 0 Å². The average Bonchev–Trinajstić information content (AvgIpc) is 3.04. The lowest BCUT2D eigenvalue weighted by Gasteiger charge is -2.11. The van der Waals surface area contributed by atoms with Gasteiger partial charge in [0.05, 0.1) is 13.2 Å². The summed E-state index contributed by atoms with van der Waals surface area (Å²) in [6.07, 6.45) is 3.37. The molecule has 0 spiro atoms. The van der Waals surface area contributed by atoms with E-state index in [2.05, 4.69) is 5.32 Å². The van der Waals surface area contributed by atoms with Gasteiger partial charge in [-0.2, -0.15) is 0 Å². The van der Waals surface area contributed by atoms with Crippen LogP contribution in [0.1, 0.15) is 24.0 Å². The zero-order valence-corrected chi connectivity index (χ0v) is 11.8. The summed E-state index contributed by atoms with van der Waals surface area (Å²) in [7, 11) is 0. The van der Waals surface area contributed by atoms with Crippen LogP contribution < -0.4 is 10.1 Å². The van der Waals surface area contributed by atoms with Gasteiger partial charge >= 0.3 is 0 Å². The summed E-state index contributed by atoms with van der Waals surface area (Å²) in [5.41, 5.74) is 2.30. The van der Waals surface area contributed by atoms with Gasteiger partial charge in [0.1, 0.15) is 5.75 Å². The molecule has 0 amide bonds. The number of nitrogens with one attached hydrogen (secondary N) is 1. The summed E-state index contributed by atoms with van der Waals surface area (Å²) in [5.74, 6) is 1.77. The second-order valence-corrected chi connectivity index (χ2v) is 5.79. The Morgan fingerprint density at radius 1 is 1.42 bits per heavy atom. The molecule has 1 saturated heterocycles. The van der Waals surface area contributed by atoms with Crippen LogP contribution in [0.25, 0.3) is 0 Å². The summed E-state index contributed by atoms with van der Waals surface area (Å²) in [6.45, 7) is 4.46. The van der Waals surface area contributed by atoms with Gasteiger partial charge in [0.15, 0.2) is 0 Å². The molecule has 104 valence electrons. The Bertz CT molecular complexity index is 444. The molecule has 1 aromatic rings. The zero-order valence-electron chi connectivity index (χ0n) is 11.1. The van der Waals surface area contributed by atoms with E-state index in [1.54, 1.807) is 0 Å². The van der Waals surface area contributed by atoms with Gasteiger partial charge in [0, 0.05) is 23.6 Å². The molecule has 19 heavy (non-hydrogen) atoms. The Labute approximate surface area is 119 Å². The maximum absolute atomic E-state index is 6.13. The SMILES string of the molecule is Clc1cc2c(c(COCCC3CCNC3)c1)OCC2. The Morgan fingerprint density at radius 3 is 3.21 bits per heavy atom. The Morgan fingerprint density at radius 2 is 2.37 bits per heavy atom. The molecular weight excluding hydrogens is 262 g/mol. The van der Waals surface area contributed by atoms with E-state index in [0.717, 1.165) is 61.4 Å². The minimum atomic E-state index is 0.600. The van der Waals surface area contributed by atoms with Crippen molar-refractivity contribution < 1.29 is 9.47 Å². The minimum absolute atomic E-state index is 0.600. The van der Waals surface area contributed by atoms with Crippen molar-refractivity contribution in [3.63, 3.8) is 0 Å². The van der Waals surface area contributed by atoms with Crippen molar-refractivity contribution >= 4 is 11.6 Å². The van der Waals surface area contributed by atoms with Crippen LogP contribution in [0.4, 0.5) is 0 Å². The highest BCUT2D eigenvalue weighted by Gasteiger charge is 2.18. The molecule has 0 saturated carbocycles. The standard InChI is InChI=1S/C15H20ClNO2/c16-14-7-12-3-6-19-15(12)13(8-14)10-18-5-2-11-1-4-17-9-11/h7-8,11,17H,1-6,9-10H2. The first-order valence-corrected chi connectivity index (χ1v) is 7.43. The molecule has 0 bridgehead atoms. The number of fused-ring (bicyclic) bond motifs is 1. The van der Waals surface area contributed by atoms with Gasteiger partial charge in [-0.3, -0.25) is 0 Å². The third kappa shape index (κ3) is 3.22. The molecule has 1 unspecified atom stereocenters. The second-order valence-electron chi connectivity index (χ2n) is 5.35. The van der Waals surface area contributed by atoms with Crippen LogP contribution in [-0.2, 0) is 17.8 Å². The monoisotopic (exact) mass is 281 g/mol. The van der Waals surface area contributed by atoms with Gasteiger partial charge in [-0.15, -0.1) is 0 Å². The van der Waals surface area contributed by atoms with Crippen LogP contribution in [-0.4, -0.2) is 26.3 Å². The number of benzene rings is 1. The highest BCUT2D eigenvalue weighted by atomic mass is 35.5. The molecule has 1 N–H and O–H groups in total. The van der Waals surface area contributed by atoms with Gasteiger partial charge in [-0.1, -0.05) is 11.6 Å². The molecule has 0 aliphatic carbocycles. The second kappa shape index (κ2) is 6.12. The third-order valence-electron chi connectivity index (χ3n) is 3.92. The normalized spacial score (nSPS) is 21.4. The Balaban J connectivity index is 1.52. The number of halogens is 1. The number of hydrogen-bond acceptors (Lipinski definition) is 3. The maximum atomic E-state index is 6.13. The molecule has 2 aliphatic rings. The van der Waals surface area contributed by atoms with Crippen LogP contribution in [0, 0.1) is 5.92 Å². The van der Waals surface area contributed by atoms with Crippen LogP contribution in [0.2, 0.25) is 5.02 Å². The Hall–Kier alpha value is -0.770. The number of rotatable bonds is 5. The summed E-state index contributed by atoms with van der Waals surface area (Å²) in [6, 6.07) is 3.96. The summed E-state index contributed by atoms with van der Waals surface area (Å²) in [4.78, 5) is 0. The largest absolute Gasteiger partial charge is 0.493 e. The fourth-order valence-electron chi connectivity index (χ4n) is 2.85. The van der Waals surface area contributed by atoms with Crippen molar-refractivity contribution in [3.05, 3.63) is 28.3 Å². The summed E-state index contributed by atoms with van der Waals surface area (Å²) >= 11 is 6.13. The van der Waals surface area contributed by atoms with Crippen molar-refractivity contribution in [1.29, 1.82) is 0 Å². The molecule has 1 aromatic carbocycles. The van der Waals surface area contributed by atoms with Crippen LogP contribution in [0.15, 0.2) is 12.1 Å². The van der Waals surface area contributed by atoms with E-state index < -0.39 is 0 Å². The molecule has 2 heterocycles. The van der Waals surface area contributed by atoms with Crippen LogP contribution >= 0.6 is 11.6 Å². The molecule has 0 aromatic heterocycles. The summed E-state index contributed by atoms with van der Waals surface area (Å²) < 4.78 is 11.5. The molecule has 1 atom stereocenters. The molecular formula is C15H20ClNO2. The van der Waals surface area contributed by atoms with E-state index in [4.69, 9.17) is 21.1 Å².